The van der Waals surface area contributed by atoms with Crippen molar-refractivity contribution < 1.29 is 14.0 Å². The Balaban J connectivity index is 2.22. The first-order chi connectivity index (χ1) is 5.38. The van der Waals surface area contributed by atoms with Crippen LogP contribution in [0.25, 0.3) is 0 Å². The zero-order valence-electron chi connectivity index (χ0n) is 7.73. The van der Waals surface area contributed by atoms with Gasteiger partial charge in [-0.05, 0) is 13.8 Å². The Bertz CT molecular complexity index is 195. The van der Waals surface area contributed by atoms with Gasteiger partial charge in [-0.1, -0.05) is 0 Å². The summed E-state index contributed by atoms with van der Waals surface area (Å²) in [6, 6.07) is 0.500. The lowest BCUT2D eigenvalue weighted by molar-refractivity contribution is -0.00458. The summed E-state index contributed by atoms with van der Waals surface area (Å²) in [5.74, 6) is 0. The molecule has 1 rings (SSSR count). The molecule has 0 radical (unpaired) electrons. The summed E-state index contributed by atoms with van der Waals surface area (Å²) in [5.41, 5.74) is 0. The quantitative estimate of drug-likeness (QED) is 0.677. The Hall–Kier alpha value is 0.110. The maximum absolute atomic E-state index is 10.8. The molecule has 0 aliphatic carbocycles. The third-order valence-corrected chi connectivity index (χ3v) is 2.64. The molecule has 0 spiro atoms. The summed E-state index contributed by atoms with van der Waals surface area (Å²) < 4.78 is 15.7. The summed E-state index contributed by atoms with van der Waals surface area (Å²) in [6.45, 7) is 6.97. The molecule has 72 valence electrons. The van der Waals surface area contributed by atoms with Gasteiger partial charge in [0.05, 0.1) is 6.10 Å². The van der Waals surface area contributed by atoms with Crippen LogP contribution in [0.5, 0.6) is 0 Å². The van der Waals surface area contributed by atoms with Crippen molar-refractivity contribution in [2.45, 2.75) is 26.0 Å². The lowest BCUT2D eigenvalue weighted by Crippen LogP contribution is -2.54. The Kier molecular flexibility index (Phi) is 2.94. The Morgan fingerprint density at radius 1 is 1.58 bits per heavy atom. The van der Waals surface area contributed by atoms with Gasteiger partial charge < -0.3 is 9.42 Å². The molecule has 1 atom stereocenters. The highest BCUT2D eigenvalue weighted by molar-refractivity contribution is 7.51. The maximum atomic E-state index is 10.8. The lowest BCUT2D eigenvalue weighted by atomic mass is 10.1. The Labute approximate surface area is 73.1 Å². The Morgan fingerprint density at radius 2 is 2.08 bits per heavy atom. The maximum Gasteiger partial charge on any atom is 0.325 e. The smallest absolute Gasteiger partial charge is 0.324 e. The van der Waals surface area contributed by atoms with Gasteiger partial charge in [-0.2, -0.15) is 0 Å². The molecule has 0 aromatic rings. The summed E-state index contributed by atoms with van der Waals surface area (Å²) in [7, 11) is -3.27. The summed E-state index contributed by atoms with van der Waals surface area (Å²) in [5, 5.41) is 0. The molecule has 1 unspecified atom stereocenters. The van der Waals surface area contributed by atoms with Gasteiger partial charge in [-0.25, -0.2) is 0 Å². The first kappa shape index (κ1) is 10.2. The first-order valence-electron chi connectivity index (χ1n) is 4.11. The van der Waals surface area contributed by atoms with E-state index < -0.39 is 7.60 Å². The van der Waals surface area contributed by atoms with Crippen molar-refractivity contribution in [3.63, 3.8) is 0 Å². The van der Waals surface area contributed by atoms with E-state index >= 15 is 0 Å². The normalized spacial score (nSPS) is 25.4. The number of likely N-dealkylation sites (tertiary alicyclic amines) is 1. The fraction of sp³-hybridized carbons (Fsp3) is 1.00. The molecule has 1 aliphatic heterocycles. The third kappa shape index (κ3) is 2.87. The van der Waals surface area contributed by atoms with Gasteiger partial charge in [0.25, 0.3) is 0 Å². The van der Waals surface area contributed by atoms with Crippen molar-refractivity contribution in [3.05, 3.63) is 0 Å². The fourth-order valence-electron chi connectivity index (χ4n) is 1.23. The molecule has 1 fully saturated rings. The van der Waals surface area contributed by atoms with Crippen molar-refractivity contribution in [1.29, 1.82) is 0 Å². The molecule has 0 aromatic carbocycles. The SMILES string of the molecule is CC(C)N1CC(OP(C)(=O)O)C1. The number of rotatable bonds is 3. The molecule has 12 heavy (non-hydrogen) atoms. The molecular formula is C7H16NO3P. The molecule has 1 aliphatic rings. The van der Waals surface area contributed by atoms with E-state index in [4.69, 9.17) is 9.42 Å². The number of nitrogens with zero attached hydrogens (tertiary/aromatic N) is 1. The predicted octanol–water partition coefficient (Wildman–Crippen LogP) is 0.911. The van der Waals surface area contributed by atoms with Crippen molar-refractivity contribution >= 4 is 7.60 Å². The van der Waals surface area contributed by atoms with E-state index in [2.05, 4.69) is 18.7 Å². The van der Waals surface area contributed by atoms with Crippen LogP contribution in [0, 0.1) is 0 Å². The van der Waals surface area contributed by atoms with Crippen molar-refractivity contribution in [1.82, 2.24) is 4.90 Å². The highest BCUT2D eigenvalue weighted by Gasteiger charge is 2.32. The van der Waals surface area contributed by atoms with E-state index in [0.717, 1.165) is 13.1 Å². The van der Waals surface area contributed by atoms with E-state index in [0.29, 0.717) is 6.04 Å². The monoisotopic (exact) mass is 193 g/mol. The van der Waals surface area contributed by atoms with Crippen LogP contribution in [0.3, 0.4) is 0 Å². The van der Waals surface area contributed by atoms with Gasteiger partial charge in [0, 0.05) is 25.8 Å². The molecule has 1 N–H and O–H groups in total. The number of hydrogen-bond acceptors (Lipinski definition) is 3. The van der Waals surface area contributed by atoms with Crippen LogP contribution in [-0.4, -0.2) is 41.7 Å². The molecule has 0 amide bonds. The standard InChI is InChI=1S/C7H16NO3P/c1-6(2)8-4-7(5-8)11-12(3,9)10/h6-7H,4-5H2,1-3H3,(H,9,10). The Morgan fingerprint density at radius 3 is 2.42 bits per heavy atom. The van der Waals surface area contributed by atoms with Crippen molar-refractivity contribution in [2.24, 2.45) is 0 Å². The fourth-order valence-corrected chi connectivity index (χ4v) is 1.92. The van der Waals surface area contributed by atoms with Crippen LogP contribution in [0.1, 0.15) is 13.8 Å². The zero-order valence-corrected chi connectivity index (χ0v) is 8.62. The largest absolute Gasteiger partial charge is 0.325 e. The molecule has 1 heterocycles. The van der Waals surface area contributed by atoms with Gasteiger partial charge in [-0.15, -0.1) is 0 Å². The second-order valence-electron chi connectivity index (χ2n) is 3.58. The van der Waals surface area contributed by atoms with Gasteiger partial charge in [0.1, 0.15) is 0 Å². The van der Waals surface area contributed by atoms with Crippen LogP contribution in [0.15, 0.2) is 0 Å². The van der Waals surface area contributed by atoms with E-state index in [1.807, 2.05) is 0 Å². The predicted molar refractivity (Wildman–Crippen MR) is 47.3 cm³/mol. The van der Waals surface area contributed by atoms with Gasteiger partial charge >= 0.3 is 7.60 Å². The topological polar surface area (TPSA) is 49.8 Å². The van der Waals surface area contributed by atoms with E-state index in [-0.39, 0.29) is 6.10 Å². The lowest BCUT2D eigenvalue weighted by Gasteiger charge is -2.41. The van der Waals surface area contributed by atoms with Crippen LogP contribution in [-0.2, 0) is 9.09 Å². The molecule has 0 saturated carbocycles. The van der Waals surface area contributed by atoms with E-state index in [9.17, 15) is 4.57 Å². The number of hydrogen-bond donors (Lipinski definition) is 1. The average Bonchev–Trinajstić information content (AvgIpc) is 1.74. The summed E-state index contributed by atoms with van der Waals surface area (Å²) >= 11 is 0. The first-order valence-corrected chi connectivity index (χ1v) is 6.13. The molecule has 0 aromatic heterocycles. The van der Waals surface area contributed by atoms with Crippen LogP contribution >= 0.6 is 7.60 Å². The minimum absolute atomic E-state index is 0.0479. The van der Waals surface area contributed by atoms with Gasteiger partial charge in [0.15, 0.2) is 0 Å². The molecule has 5 heteroatoms. The van der Waals surface area contributed by atoms with Crippen molar-refractivity contribution in [2.75, 3.05) is 19.8 Å². The summed E-state index contributed by atoms with van der Waals surface area (Å²) in [6.07, 6.45) is -0.0479. The van der Waals surface area contributed by atoms with E-state index in [1.165, 1.54) is 6.66 Å². The molecule has 1 saturated heterocycles. The van der Waals surface area contributed by atoms with Gasteiger partial charge in [0.2, 0.25) is 0 Å². The zero-order chi connectivity index (χ0) is 9.35. The second kappa shape index (κ2) is 3.46. The van der Waals surface area contributed by atoms with Crippen molar-refractivity contribution in [3.8, 4) is 0 Å². The molecule has 4 nitrogen and oxygen atoms in total. The highest BCUT2D eigenvalue weighted by atomic mass is 31.2. The average molecular weight is 193 g/mol. The highest BCUT2D eigenvalue weighted by Crippen LogP contribution is 2.40. The third-order valence-electron chi connectivity index (χ3n) is 1.95. The summed E-state index contributed by atoms with van der Waals surface area (Å²) in [4.78, 5) is 11.1. The molecular weight excluding hydrogens is 177 g/mol. The minimum Gasteiger partial charge on any atom is -0.324 e. The minimum atomic E-state index is -3.27. The van der Waals surface area contributed by atoms with Crippen LogP contribution < -0.4 is 0 Å². The van der Waals surface area contributed by atoms with Crippen LogP contribution in [0.4, 0.5) is 0 Å². The van der Waals surface area contributed by atoms with E-state index in [1.54, 1.807) is 0 Å². The van der Waals surface area contributed by atoms with Gasteiger partial charge in [-0.3, -0.25) is 9.46 Å². The molecule has 0 bridgehead atoms. The second-order valence-corrected chi connectivity index (χ2v) is 5.39. The van der Waals surface area contributed by atoms with Crippen LogP contribution in [0.2, 0.25) is 0 Å².